The fraction of sp³-hybridized carbons (Fsp3) is 0.0909. The number of hydrogen-bond acceptors (Lipinski definition) is 2. The summed E-state index contributed by atoms with van der Waals surface area (Å²) >= 11 is 3.30. The van der Waals surface area contributed by atoms with Gasteiger partial charge in [0.2, 0.25) is 0 Å². The second kappa shape index (κ2) is 3.75. The number of halogens is 1. The number of aromatic nitrogens is 1. The molecule has 0 spiro atoms. The van der Waals surface area contributed by atoms with Gasteiger partial charge < -0.3 is 10.1 Å². The van der Waals surface area contributed by atoms with E-state index in [1.165, 1.54) is 6.07 Å². The molecule has 0 saturated heterocycles. The maximum atomic E-state index is 11.7. The average molecular weight is 282 g/mol. The van der Waals surface area contributed by atoms with Gasteiger partial charge in [0.25, 0.3) is 5.56 Å². The summed E-state index contributed by atoms with van der Waals surface area (Å²) in [6.07, 6.45) is 0. The third-order valence-electron chi connectivity index (χ3n) is 2.36. The van der Waals surface area contributed by atoms with E-state index < -0.39 is 5.97 Å². The van der Waals surface area contributed by atoms with Crippen LogP contribution in [-0.4, -0.2) is 16.1 Å². The summed E-state index contributed by atoms with van der Waals surface area (Å²) in [7, 11) is 0. The third-order valence-corrected chi connectivity index (χ3v) is 2.82. The summed E-state index contributed by atoms with van der Waals surface area (Å²) in [6, 6.07) is 4.99. The summed E-state index contributed by atoms with van der Waals surface area (Å²) in [5.74, 6) is -1.14. The molecule has 1 aromatic heterocycles. The standard InChI is InChI=1S/C11H8BrNO3/c1-5-2-6(12)3-8-7(5)4-9(11(15)16)13-10(8)14/h2-4H,1H3,(H,13,14)(H,15,16). The van der Waals surface area contributed by atoms with Crippen molar-refractivity contribution in [3.05, 3.63) is 44.3 Å². The number of aromatic carboxylic acids is 1. The lowest BCUT2D eigenvalue weighted by Gasteiger charge is -2.04. The predicted octanol–water partition coefficient (Wildman–Crippen LogP) is 2.30. The van der Waals surface area contributed by atoms with Gasteiger partial charge in [-0.1, -0.05) is 15.9 Å². The van der Waals surface area contributed by atoms with Gasteiger partial charge in [-0.3, -0.25) is 4.79 Å². The molecule has 16 heavy (non-hydrogen) atoms. The van der Waals surface area contributed by atoms with Crippen LogP contribution in [0.4, 0.5) is 0 Å². The lowest BCUT2D eigenvalue weighted by atomic mass is 10.1. The van der Waals surface area contributed by atoms with Gasteiger partial charge in [0.1, 0.15) is 5.69 Å². The molecule has 1 heterocycles. The molecule has 2 rings (SSSR count). The lowest BCUT2D eigenvalue weighted by Crippen LogP contribution is -2.13. The third kappa shape index (κ3) is 1.74. The molecule has 5 heteroatoms. The van der Waals surface area contributed by atoms with Gasteiger partial charge in [-0.2, -0.15) is 0 Å². The van der Waals surface area contributed by atoms with E-state index in [-0.39, 0.29) is 11.3 Å². The number of carboxylic acids is 1. The maximum absolute atomic E-state index is 11.7. The number of pyridine rings is 1. The van der Waals surface area contributed by atoms with E-state index in [0.717, 1.165) is 10.0 Å². The zero-order valence-electron chi connectivity index (χ0n) is 8.37. The SMILES string of the molecule is Cc1cc(Br)cc2c(=O)[nH]c(C(=O)O)cc12. The summed E-state index contributed by atoms with van der Waals surface area (Å²) in [4.78, 5) is 24.8. The Kier molecular flexibility index (Phi) is 2.55. The number of fused-ring (bicyclic) bond motifs is 1. The summed E-state index contributed by atoms with van der Waals surface area (Å²) in [6.45, 7) is 1.83. The van der Waals surface area contributed by atoms with E-state index in [1.807, 2.05) is 13.0 Å². The first-order valence-corrected chi connectivity index (χ1v) is 5.35. The van der Waals surface area contributed by atoms with Crippen LogP contribution in [-0.2, 0) is 0 Å². The normalized spacial score (nSPS) is 10.6. The van der Waals surface area contributed by atoms with Gasteiger partial charge >= 0.3 is 5.97 Å². The van der Waals surface area contributed by atoms with Crippen LogP contribution < -0.4 is 5.56 Å². The summed E-state index contributed by atoms with van der Waals surface area (Å²) in [5.41, 5.74) is 0.375. The van der Waals surface area contributed by atoms with E-state index in [4.69, 9.17) is 5.11 Å². The highest BCUT2D eigenvalue weighted by Crippen LogP contribution is 2.21. The van der Waals surface area contributed by atoms with Crippen LogP contribution in [0.5, 0.6) is 0 Å². The van der Waals surface area contributed by atoms with E-state index in [1.54, 1.807) is 6.07 Å². The second-order valence-corrected chi connectivity index (χ2v) is 4.42. The minimum absolute atomic E-state index is 0.0945. The largest absolute Gasteiger partial charge is 0.477 e. The number of carboxylic acid groups (broad SMARTS) is 1. The predicted molar refractivity (Wildman–Crippen MR) is 64.0 cm³/mol. The highest BCUT2D eigenvalue weighted by Gasteiger charge is 2.09. The average Bonchev–Trinajstić information content (AvgIpc) is 2.19. The first-order valence-electron chi connectivity index (χ1n) is 4.55. The molecule has 0 aliphatic carbocycles. The van der Waals surface area contributed by atoms with Crippen LogP contribution >= 0.6 is 15.9 Å². The number of aryl methyl sites for hydroxylation is 1. The van der Waals surface area contributed by atoms with Crippen LogP contribution in [0.25, 0.3) is 10.8 Å². The Morgan fingerprint density at radius 3 is 2.62 bits per heavy atom. The number of rotatable bonds is 1. The number of benzene rings is 1. The van der Waals surface area contributed by atoms with Crippen molar-refractivity contribution in [2.24, 2.45) is 0 Å². The molecule has 0 unspecified atom stereocenters. The van der Waals surface area contributed by atoms with Gasteiger partial charge in [-0.15, -0.1) is 0 Å². The second-order valence-electron chi connectivity index (χ2n) is 3.50. The van der Waals surface area contributed by atoms with Crippen molar-refractivity contribution in [1.29, 1.82) is 0 Å². The fourth-order valence-electron chi connectivity index (χ4n) is 1.62. The summed E-state index contributed by atoms with van der Waals surface area (Å²) in [5, 5.41) is 9.97. The van der Waals surface area contributed by atoms with Gasteiger partial charge in [0, 0.05) is 9.86 Å². The monoisotopic (exact) mass is 281 g/mol. The minimum Gasteiger partial charge on any atom is -0.477 e. The van der Waals surface area contributed by atoms with Gasteiger partial charge in [0.05, 0.1) is 0 Å². The molecule has 0 amide bonds. The molecule has 2 N–H and O–H groups in total. The Bertz CT molecular complexity index is 645. The van der Waals surface area contributed by atoms with E-state index in [2.05, 4.69) is 20.9 Å². The minimum atomic E-state index is -1.14. The zero-order chi connectivity index (χ0) is 11.9. The zero-order valence-corrected chi connectivity index (χ0v) is 9.96. The molecule has 4 nitrogen and oxygen atoms in total. The number of nitrogens with one attached hydrogen (secondary N) is 1. The van der Waals surface area contributed by atoms with Crippen molar-refractivity contribution in [2.75, 3.05) is 0 Å². The van der Waals surface area contributed by atoms with Crippen molar-refractivity contribution in [2.45, 2.75) is 6.92 Å². The molecule has 0 radical (unpaired) electrons. The lowest BCUT2D eigenvalue weighted by molar-refractivity contribution is 0.0690. The molecular formula is C11H8BrNO3. The molecule has 0 aliphatic heterocycles. The van der Waals surface area contributed by atoms with Crippen molar-refractivity contribution >= 4 is 32.7 Å². The fourth-order valence-corrected chi connectivity index (χ4v) is 2.19. The Hall–Kier alpha value is -1.62. The van der Waals surface area contributed by atoms with Crippen molar-refractivity contribution in [1.82, 2.24) is 4.98 Å². The molecule has 82 valence electrons. The van der Waals surface area contributed by atoms with Gasteiger partial charge in [-0.05, 0) is 36.1 Å². The van der Waals surface area contributed by atoms with Crippen LogP contribution in [0, 0.1) is 6.92 Å². The Morgan fingerprint density at radius 2 is 2.00 bits per heavy atom. The van der Waals surface area contributed by atoms with E-state index in [9.17, 15) is 9.59 Å². The number of aromatic amines is 1. The Balaban J connectivity index is 2.93. The van der Waals surface area contributed by atoms with E-state index >= 15 is 0 Å². The first-order chi connectivity index (χ1) is 7.49. The highest BCUT2D eigenvalue weighted by molar-refractivity contribution is 9.10. The van der Waals surface area contributed by atoms with Crippen molar-refractivity contribution in [3.8, 4) is 0 Å². The molecule has 0 bridgehead atoms. The quantitative estimate of drug-likeness (QED) is 0.843. The molecule has 0 fully saturated rings. The van der Waals surface area contributed by atoms with Gasteiger partial charge in [-0.25, -0.2) is 4.79 Å². The molecule has 2 aromatic rings. The first kappa shape index (κ1) is 10.9. The molecule has 0 aliphatic rings. The number of hydrogen-bond donors (Lipinski definition) is 2. The van der Waals surface area contributed by atoms with Crippen LogP contribution in [0.1, 0.15) is 16.1 Å². The Morgan fingerprint density at radius 1 is 1.31 bits per heavy atom. The maximum Gasteiger partial charge on any atom is 0.352 e. The van der Waals surface area contributed by atoms with Crippen molar-refractivity contribution < 1.29 is 9.90 Å². The molecule has 0 saturated carbocycles. The van der Waals surface area contributed by atoms with Gasteiger partial charge in [0.15, 0.2) is 0 Å². The number of carbonyl (C=O) groups is 1. The van der Waals surface area contributed by atoms with Crippen LogP contribution in [0.15, 0.2) is 27.5 Å². The smallest absolute Gasteiger partial charge is 0.352 e. The molecular weight excluding hydrogens is 274 g/mol. The van der Waals surface area contributed by atoms with E-state index in [0.29, 0.717) is 10.8 Å². The van der Waals surface area contributed by atoms with Crippen molar-refractivity contribution in [3.63, 3.8) is 0 Å². The Labute approximate surface area is 99.0 Å². The number of H-pyrrole nitrogens is 1. The van der Waals surface area contributed by atoms with Crippen LogP contribution in [0.3, 0.4) is 0 Å². The molecule has 1 aromatic carbocycles. The topological polar surface area (TPSA) is 70.2 Å². The molecule has 0 atom stereocenters. The summed E-state index contributed by atoms with van der Waals surface area (Å²) < 4.78 is 0.797. The highest BCUT2D eigenvalue weighted by atomic mass is 79.9. The van der Waals surface area contributed by atoms with Crippen LogP contribution in [0.2, 0.25) is 0 Å².